The number of nitro groups is 2. The number of nitrogens with one attached hydrogen (secondary N) is 2. The third kappa shape index (κ3) is 6.93. The van der Waals surface area contributed by atoms with Crippen LogP contribution in [0.1, 0.15) is 39.5 Å². The van der Waals surface area contributed by atoms with Crippen molar-refractivity contribution in [2.75, 3.05) is 13.2 Å². The van der Waals surface area contributed by atoms with Gasteiger partial charge in [0.05, 0.1) is 13.2 Å². The second-order valence-electron chi connectivity index (χ2n) is 6.45. The summed E-state index contributed by atoms with van der Waals surface area (Å²) in [5, 5.41) is 26.8. The number of esters is 2. The van der Waals surface area contributed by atoms with Crippen LogP contribution in [0.15, 0.2) is 0 Å². The zero-order chi connectivity index (χ0) is 22.8. The van der Waals surface area contributed by atoms with Gasteiger partial charge in [-0.3, -0.25) is 29.8 Å². The molecule has 2 atom stereocenters. The van der Waals surface area contributed by atoms with Gasteiger partial charge in [-0.25, -0.2) is 9.59 Å². The fraction of sp³-hybridized carbons (Fsp3) is 0.750. The summed E-state index contributed by atoms with van der Waals surface area (Å²) in [7, 11) is 0. The average molecular weight is 432 g/mol. The van der Waals surface area contributed by atoms with Gasteiger partial charge >= 0.3 is 35.8 Å². The van der Waals surface area contributed by atoms with Crippen molar-refractivity contribution in [1.29, 1.82) is 0 Å². The third-order valence-electron chi connectivity index (χ3n) is 4.36. The molecule has 0 heterocycles. The maximum absolute atomic E-state index is 12.1. The molecule has 1 saturated carbocycles. The van der Waals surface area contributed by atoms with Gasteiger partial charge in [0.1, 0.15) is 0 Å². The molecule has 30 heavy (non-hydrogen) atoms. The van der Waals surface area contributed by atoms with Crippen molar-refractivity contribution >= 4 is 23.8 Å². The highest BCUT2D eigenvalue weighted by Gasteiger charge is 2.42. The quantitative estimate of drug-likeness (QED) is 0.186. The summed E-state index contributed by atoms with van der Waals surface area (Å²) in [5.74, 6) is -4.71. The fourth-order valence-corrected chi connectivity index (χ4v) is 2.96. The standard InChI is InChI=1S/C16H24N4O10/c1-3-29-15(23)11(19(25)26)13(21)17-9-5-7-10(8-6-9)18-14(22)12(20(27)28)16(24)30-4-2/h9-12H,3-8H2,1-2H3,(H,17,21)(H,18,22). The first-order valence-electron chi connectivity index (χ1n) is 9.33. The predicted molar refractivity (Wildman–Crippen MR) is 97.2 cm³/mol. The van der Waals surface area contributed by atoms with Gasteiger partial charge in [0.25, 0.3) is 0 Å². The summed E-state index contributed by atoms with van der Waals surface area (Å²) < 4.78 is 9.07. The Morgan fingerprint density at radius 2 is 1.10 bits per heavy atom. The van der Waals surface area contributed by atoms with Crippen molar-refractivity contribution in [3.63, 3.8) is 0 Å². The highest BCUT2D eigenvalue weighted by molar-refractivity contribution is 6.01. The van der Waals surface area contributed by atoms with Gasteiger partial charge in [-0.05, 0) is 39.5 Å². The smallest absolute Gasteiger partial charge is 0.392 e. The molecule has 0 aromatic rings. The SMILES string of the molecule is CCOC(=O)C(C(=O)NC1CCC(NC(=O)C(C(=O)OCC)[N+](=O)[O-])CC1)[N+](=O)[O-]. The molecule has 14 nitrogen and oxygen atoms in total. The van der Waals surface area contributed by atoms with Crippen LogP contribution in [0.3, 0.4) is 0 Å². The monoisotopic (exact) mass is 432 g/mol. The van der Waals surface area contributed by atoms with E-state index in [1.54, 1.807) is 0 Å². The highest BCUT2D eigenvalue weighted by Crippen LogP contribution is 2.19. The van der Waals surface area contributed by atoms with Crippen molar-refractivity contribution in [2.24, 2.45) is 0 Å². The van der Waals surface area contributed by atoms with Crippen LogP contribution in [0.5, 0.6) is 0 Å². The van der Waals surface area contributed by atoms with Gasteiger partial charge in [0, 0.05) is 21.9 Å². The number of hydrogen-bond acceptors (Lipinski definition) is 10. The molecule has 1 aliphatic rings. The molecule has 1 fully saturated rings. The number of rotatable bonds is 10. The molecule has 1 rings (SSSR count). The van der Waals surface area contributed by atoms with Gasteiger partial charge in [0.15, 0.2) is 0 Å². The largest absolute Gasteiger partial charge is 0.460 e. The minimum atomic E-state index is -2.17. The van der Waals surface area contributed by atoms with E-state index >= 15 is 0 Å². The van der Waals surface area contributed by atoms with Crippen molar-refractivity contribution in [3.8, 4) is 0 Å². The number of amides is 2. The van der Waals surface area contributed by atoms with Gasteiger partial charge in [-0.15, -0.1) is 0 Å². The Morgan fingerprint density at radius 1 is 0.800 bits per heavy atom. The number of hydrogen-bond donors (Lipinski definition) is 2. The molecule has 0 aromatic heterocycles. The summed E-state index contributed by atoms with van der Waals surface area (Å²) in [6.45, 7) is 2.68. The molecule has 0 saturated heterocycles. The molecular weight excluding hydrogens is 408 g/mol. The Labute approximate surface area is 170 Å². The van der Waals surface area contributed by atoms with Crippen LogP contribution in [0.4, 0.5) is 0 Å². The van der Waals surface area contributed by atoms with Crippen molar-refractivity contribution < 1.29 is 38.5 Å². The van der Waals surface area contributed by atoms with E-state index in [0.717, 1.165) is 0 Å². The maximum atomic E-state index is 12.1. The number of carbonyl (C=O) groups excluding carboxylic acids is 4. The van der Waals surface area contributed by atoms with Crippen LogP contribution >= 0.6 is 0 Å². The van der Waals surface area contributed by atoms with Gasteiger partial charge in [0.2, 0.25) is 0 Å². The van der Waals surface area contributed by atoms with Crippen molar-refractivity contribution in [2.45, 2.75) is 63.7 Å². The van der Waals surface area contributed by atoms with E-state index in [-0.39, 0.29) is 13.2 Å². The lowest BCUT2D eigenvalue weighted by atomic mass is 9.90. The summed E-state index contributed by atoms with van der Waals surface area (Å²) in [6, 6.07) is -5.32. The first-order valence-corrected chi connectivity index (χ1v) is 9.33. The molecule has 0 radical (unpaired) electrons. The number of carbonyl (C=O) groups is 4. The van der Waals surface area contributed by atoms with Gasteiger partial charge in [-0.2, -0.15) is 0 Å². The molecule has 0 aromatic carbocycles. The zero-order valence-electron chi connectivity index (χ0n) is 16.5. The van der Waals surface area contributed by atoms with Crippen LogP contribution in [0.2, 0.25) is 0 Å². The van der Waals surface area contributed by atoms with Crippen LogP contribution in [-0.4, -0.2) is 71.0 Å². The van der Waals surface area contributed by atoms with E-state index in [1.807, 2.05) is 0 Å². The predicted octanol–water partition coefficient (Wildman–Crippen LogP) is -1.05. The van der Waals surface area contributed by atoms with E-state index in [4.69, 9.17) is 0 Å². The summed E-state index contributed by atoms with van der Waals surface area (Å²) in [4.78, 5) is 67.3. The first-order chi connectivity index (χ1) is 14.1. The average Bonchev–Trinajstić information content (AvgIpc) is 2.63. The zero-order valence-corrected chi connectivity index (χ0v) is 16.5. The lowest BCUT2D eigenvalue weighted by Crippen LogP contribution is -2.53. The molecule has 14 heteroatoms. The van der Waals surface area contributed by atoms with E-state index in [1.165, 1.54) is 13.8 Å². The molecule has 2 N–H and O–H groups in total. The van der Waals surface area contributed by atoms with Gasteiger partial charge < -0.3 is 20.1 Å². The second kappa shape index (κ2) is 11.6. The van der Waals surface area contributed by atoms with Crippen molar-refractivity contribution in [3.05, 3.63) is 20.2 Å². The second-order valence-corrected chi connectivity index (χ2v) is 6.45. The van der Waals surface area contributed by atoms with Crippen LogP contribution in [0, 0.1) is 20.2 Å². The van der Waals surface area contributed by atoms with Crippen LogP contribution in [0.25, 0.3) is 0 Å². The molecule has 0 spiro atoms. The minimum absolute atomic E-state index is 0.113. The molecule has 0 bridgehead atoms. The number of nitrogens with zero attached hydrogens (tertiary/aromatic N) is 2. The highest BCUT2D eigenvalue weighted by atomic mass is 16.6. The van der Waals surface area contributed by atoms with E-state index in [0.29, 0.717) is 25.7 Å². The van der Waals surface area contributed by atoms with E-state index in [9.17, 15) is 39.4 Å². The Bertz CT molecular complexity index is 632. The third-order valence-corrected chi connectivity index (χ3v) is 4.36. The lowest BCUT2D eigenvalue weighted by Gasteiger charge is -2.29. The van der Waals surface area contributed by atoms with Crippen molar-refractivity contribution in [1.82, 2.24) is 10.6 Å². The number of ether oxygens (including phenoxy) is 2. The topological polar surface area (TPSA) is 197 Å². The Hall–Kier alpha value is -3.32. The summed E-state index contributed by atoms with van der Waals surface area (Å²) in [5.41, 5.74) is 0. The van der Waals surface area contributed by atoms with Gasteiger partial charge in [-0.1, -0.05) is 0 Å². The molecule has 2 unspecified atom stereocenters. The Morgan fingerprint density at radius 3 is 1.33 bits per heavy atom. The minimum Gasteiger partial charge on any atom is -0.460 e. The lowest BCUT2D eigenvalue weighted by molar-refractivity contribution is -0.496. The molecule has 1 aliphatic carbocycles. The van der Waals surface area contributed by atoms with E-state index in [2.05, 4.69) is 20.1 Å². The fourth-order valence-electron chi connectivity index (χ4n) is 2.96. The molecule has 0 aliphatic heterocycles. The molecular formula is C16H24N4O10. The summed E-state index contributed by atoms with van der Waals surface area (Å²) >= 11 is 0. The molecule has 2 amide bonds. The maximum Gasteiger partial charge on any atom is 0.392 e. The summed E-state index contributed by atoms with van der Waals surface area (Å²) in [6.07, 6.45) is 1.19. The van der Waals surface area contributed by atoms with Crippen LogP contribution in [-0.2, 0) is 28.7 Å². The molecule has 168 valence electrons. The first kappa shape index (κ1) is 24.7. The Balaban J connectivity index is 2.60. The Kier molecular flexibility index (Phi) is 9.58. The van der Waals surface area contributed by atoms with Crippen LogP contribution < -0.4 is 10.6 Å². The van der Waals surface area contributed by atoms with E-state index < -0.39 is 57.8 Å². The normalized spacial score (nSPS) is 20.2.